The second-order valence-corrected chi connectivity index (χ2v) is 6.09. The predicted octanol–water partition coefficient (Wildman–Crippen LogP) is 2.85. The number of aliphatic hydroxyl groups excluding tert-OH is 1. The lowest BCUT2D eigenvalue weighted by Crippen LogP contribution is -2.56. The lowest BCUT2D eigenvalue weighted by Gasteiger charge is -2.54. The van der Waals surface area contributed by atoms with Gasteiger partial charge in [-0.1, -0.05) is 33.1 Å². The van der Waals surface area contributed by atoms with Gasteiger partial charge in [0.2, 0.25) is 0 Å². The number of ether oxygens (including phenoxy) is 1. The summed E-state index contributed by atoms with van der Waals surface area (Å²) >= 11 is 0. The maximum Gasteiger partial charge on any atom is 0.0551 e. The highest BCUT2D eigenvalue weighted by Crippen LogP contribution is 2.50. The fraction of sp³-hybridized carbons (Fsp3) is 1.00. The third-order valence-corrected chi connectivity index (χ3v) is 4.90. The van der Waals surface area contributed by atoms with E-state index in [1.54, 1.807) is 0 Å². The number of rotatable bonds is 4. The molecular formula is C14H26O2. The summed E-state index contributed by atoms with van der Waals surface area (Å²) in [5, 5.41) is 9.67. The van der Waals surface area contributed by atoms with Crippen LogP contribution in [0.2, 0.25) is 0 Å². The first kappa shape index (κ1) is 12.4. The maximum atomic E-state index is 9.67. The zero-order valence-electron chi connectivity index (χ0n) is 10.7. The van der Waals surface area contributed by atoms with Gasteiger partial charge in [0.05, 0.1) is 13.2 Å². The molecule has 1 atom stereocenters. The van der Waals surface area contributed by atoms with Gasteiger partial charge in [0.25, 0.3) is 0 Å². The second kappa shape index (κ2) is 5.05. The molecule has 0 aromatic heterocycles. The zero-order valence-corrected chi connectivity index (χ0v) is 10.7. The Labute approximate surface area is 99.4 Å². The third kappa shape index (κ3) is 2.02. The molecule has 0 aromatic rings. The van der Waals surface area contributed by atoms with Crippen molar-refractivity contribution in [2.45, 2.75) is 46.0 Å². The van der Waals surface area contributed by atoms with Crippen LogP contribution < -0.4 is 0 Å². The lowest BCUT2D eigenvalue weighted by atomic mass is 9.58. The van der Waals surface area contributed by atoms with E-state index < -0.39 is 0 Å². The first-order chi connectivity index (χ1) is 7.70. The molecule has 1 saturated carbocycles. The van der Waals surface area contributed by atoms with Gasteiger partial charge >= 0.3 is 0 Å². The van der Waals surface area contributed by atoms with E-state index in [-0.39, 0.29) is 0 Å². The van der Waals surface area contributed by atoms with Crippen LogP contribution in [-0.2, 0) is 4.74 Å². The first-order valence-electron chi connectivity index (χ1n) is 6.89. The zero-order chi connectivity index (χ0) is 11.6. The van der Waals surface area contributed by atoms with Crippen molar-refractivity contribution in [2.24, 2.45) is 23.2 Å². The quantitative estimate of drug-likeness (QED) is 0.798. The van der Waals surface area contributed by atoms with Crippen molar-refractivity contribution in [1.82, 2.24) is 0 Å². The van der Waals surface area contributed by atoms with Crippen molar-refractivity contribution in [1.29, 1.82) is 0 Å². The second-order valence-electron chi connectivity index (χ2n) is 6.09. The van der Waals surface area contributed by atoms with E-state index in [0.717, 1.165) is 19.1 Å². The molecule has 94 valence electrons. The molecule has 16 heavy (non-hydrogen) atoms. The van der Waals surface area contributed by atoms with Gasteiger partial charge in [0.1, 0.15) is 0 Å². The van der Waals surface area contributed by atoms with Crippen LogP contribution >= 0.6 is 0 Å². The molecule has 0 radical (unpaired) electrons. The highest BCUT2D eigenvalue weighted by molar-refractivity contribution is 4.98. The average Bonchev–Trinajstić information content (AvgIpc) is 2.23. The Morgan fingerprint density at radius 2 is 1.81 bits per heavy atom. The van der Waals surface area contributed by atoms with E-state index in [2.05, 4.69) is 13.8 Å². The molecule has 1 unspecified atom stereocenters. The van der Waals surface area contributed by atoms with E-state index in [1.165, 1.54) is 32.1 Å². The van der Waals surface area contributed by atoms with Crippen LogP contribution in [0.15, 0.2) is 0 Å². The van der Waals surface area contributed by atoms with Crippen LogP contribution in [0, 0.1) is 23.2 Å². The van der Waals surface area contributed by atoms with E-state index in [4.69, 9.17) is 4.74 Å². The molecule has 2 fully saturated rings. The fourth-order valence-electron chi connectivity index (χ4n) is 3.82. The molecule has 2 nitrogen and oxygen atoms in total. The minimum absolute atomic E-state index is 0.309. The van der Waals surface area contributed by atoms with Crippen LogP contribution in [-0.4, -0.2) is 24.9 Å². The van der Waals surface area contributed by atoms with Crippen molar-refractivity contribution >= 4 is 0 Å². The van der Waals surface area contributed by atoms with Crippen molar-refractivity contribution in [2.75, 3.05) is 19.8 Å². The van der Waals surface area contributed by atoms with Crippen molar-refractivity contribution in [3.63, 3.8) is 0 Å². The minimum atomic E-state index is 0.309. The Balaban J connectivity index is 2.10. The minimum Gasteiger partial charge on any atom is -0.396 e. The molecule has 0 spiro atoms. The van der Waals surface area contributed by atoms with Crippen LogP contribution in [0.3, 0.4) is 0 Å². The first-order valence-corrected chi connectivity index (χ1v) is 6.89. The fourth-order valence-corrected chi connectivity index (χ4v) is 3.82. The molecule has 2 heteroatoms. The summed E-state index contributed by atoms with van der Waals surface area (Å²) in [4.78, 5) is 0. The van der Waals surface area contributed by atoms with Gasteiger partial charge in [0.15, 0.2) is 0 Å². The Kier molecular flexibility index (Phi) is 3.91. The van der Waals surface area contributed by atoms with Gasteiger partial charge in [-0.3, -0.25) is 0 Å². The van der Waals surface area contributed by atoms with Crippen LogP contribution in [0.1, 0.15) is 46.0 Å². The molecular weight excluding hydrogens is 200 g/mol. The SMILES string of the molecule is CC(C)C(CO)C1(C2CCCCC2)COC1. The number of hydrogen-bond acceptors (Lipinski definition) is 2. The normalized spacial score (nSPS) is 27.8. The summed E-state index contributed by atoms with van der Waals surface area (Å²) in [6, 6.07) is 0. The molecule has 1 N–H and O–H groups in total. The van der Waals surface area contributed by atoms with Crippen LogP contribution in [0.4, 0.5) is 0 Å². The van der Waals surface area contributed by atoms with E-state index in [0.29, 0.717) is 23.9 Å². The summed E-state index contributed by atoms with van der Waals surface area (Å²) in [7, 11) is 0. The van der Waals surface area contributed by atoms with Gasteiger partial charge in [-0.05, 0) is 30.6 Å². The molecule has 1 heterocycles. The van der Waals surface area contributed by atoms with Crippen LogP contribution in [0.5, 0.6) is 0 Å². The van der Waals surface area contributed by atoms with Crippen molar-refractivity contribution < 1.29 is 9.84 Å². The van der Waals surface area contributed by atoms with Gasteiger partial charge in [-0.15, -0.1) is 0 Å². The van der Waals surface area contributed by atoms with Gasteiger partial charge < -0.3 is 9.84 Å². The lowest BCUT2D eigenvalue weighted by molar-refractivity contribution is -0.200. The number of aliphatic hydroxyl groups is 1. The Hall–Kier alpha value is -0.0800. The van der Waals surface area contributed by atoms with E-state index in [1.807, 2.05) is 0 Å². The summed E-state index contributed by atoms with van der Waals surface area (Å²) in [5.41, 5.74) is 0.309. The Morgan fingerprint density at radius 3 is 2.19 bits per heavy atom. The molecule has 1 aliphatic heterocycles. The summed E-state index contributed by atoms with van der Waals surface area (Å²) < 4.78 is 5.51. The van der Waals surface area contributed by atoms with Gasteiger partial charge in [-0.25, -0.2) is 0 Å². The topological polar surface area (TPSA) is 29.5 Å². The predicted molar refractivity (Wildman–Crippen MR) is 65.2 cm³/mol. The summed E-state index contributed by atoms with van der Waals surface area (Å²) in [6.07, 6.45) is 6.86. The van der Waals surface area contributed by atoms with Gasteiger partial charge in [0, 0.05) is 12.0 Å². The molecule has 1 saturated heterocycles. The van der Waals surface area contributed by atoms with Crippen molar-refractivity contribution in [3.8, 4) is 0 Å². The highest BCUT2D eigenvalue weighted by Gasteiger charge is 2.51. The molecule has 0 amide bonds. The molecule has 1 aliphatic carbocycles. The Morgan fingerprint density at radius 1 is 1.19 bits per heavy atom. The summed E-state index contributed by atoms with van der Waals surface area (Å²) in [5.74, 6) is 1.80. The van der Waals surface area contributed by atoms with E-state index in [9.17, 15) is 5.11 Å². The highest BCUT2D eigenvalue weighted by atomic mass is 16.5. The smallest absolute Gasteiger partial charge is 0.0551 e. The van der Waals surface area contributed by atoms with Crippen molar-refractivity contribution in [3.05, 3.63) is 0 Å². The maximum absolute atomic E-state index is 9.67. The van der Waals surface area contributed by atoms with E-state index >= 15 is 0 Å². The standard InChI is InChI=1S/C14H26O2/c1-11(2)13(8-15)14(9-16-10-14)12-6-4-3-5-7-12/h11-13,15H,3-10H2,1-2H3. The Bertz CT molecular complexity index is 215. The molecule has 0 bridgehead atoms. The summed E-state index contributed by atoms with van der Waals surface area (Å²) in [6.45, 7) is 6.59. The number of hydrogen-bond donors (Lipinski definition) is 1. The molecule has 2 aliphatic rings. The van der Waals surface area contributed by atoms with Gasteiger partial charge in [-0.2, -0.15) is 0 Å². The van der Waals surface area contributed by atoms with Crippen LogP contribution in [0.25, 0.3) is 0 Å². The average molecular weight is 226 g/mol. The third-order valence-electron chi connectivity index (χ3n) is 4.90. The largest absolute Gasteiger partial charge is 0.396 e. The monoisotopic (exact) mass is 226 g/mol. The molecule has 0 aromatic carbocycles. The molecule has 2 rings (SSSR count).